The van der Waals surface area contributed by atoms with Gasteiger partial charge in [0, 0.05) is 37.9 Å². The lowest BCUT2D eigenvalue weighted by Gasteiger charge is -2.35. The summed E-state index contributed by atoms with van der Waals surface area (Å²) >= 11 is 0. The SMILES string of the molecule is O=C(CN1CCN(S(=O)(=O)Cc2ccccc2)CC1)N(C1=CCCCC1)C1CC1. The average Bonchev–Trinajstić information content (AvgIpc) is 3.55. The van der Waals surface area contributed by atoms with Crippen LogP contribution in [0.2, 0.25) is 0 Å². The second kappa shape index (κ2) is 8.98. The molecule has 1 aliphatic heterocycles. The number of nitrogens with zero attached hydrogens (tertiary/aromatic N) is 3. The first-order valence-electron chi connectivity index (χ1n) is 10.8. The summed E-state index contributed by atoms with van der Waals surface area (Å²) in [7, 11) is -3.32. The number of piperazine rings is 1. The molecular formula is C22H31N3O3S. The molecule has 1 saturated heterocycles. The zero-order chi connectivity index (χ0) is 20.3. The number of carbonyl (C=O) groups is 1. The zero-order valence-corrected chi connectivity index (χ0v) is 17.8. The van der Waals surface area contributed by atoms with Crippen LogP contribution in [-0.4, -0.2) is 67.2 Å². The fourth-order valence-electron chi connectivity index (χ4n) is 4.28. The van der Waals surface area contributed by atoms with Crippen LogP contribution in [0.15, 0.2) is 42.1 Å². The van der Waals surface area contributed by atoms with E-state index in [1.807, 2.05) is 30.3 Å². The number of hydrogen-bond donors (Lipinski definition) is 0. The summed E-state index contributed by atoms with van der Waals surface area (Å²) in [5, 5.41) is 0. The van der Waals surface area contributed by atoms with E-state index in [1.54, 1.807) is 4.31 Å². The molecule has 2 aliphatic carbocycles. The van der Waals surface area contributed by atoms with Crippen LogP contribution in [0.1, 0.15) is 44.1 Å². The Hall–Kier alpha value is -1.70. The minimum absolute atomic E-state index is 0.0381. The smallest absolute Gasteiger partial charge is 0.241 e. The summed E-state index contributed by atoms with van der Waals surface area (Å²) in [5.41, 5.74) is 2.03. The Labute approximate surface area is 174 Å². The van der Waals surface area contributed by atoms with Crippen LogP contribution in [0.3, 0.4) is 0 Å². The quantitative estimate of drug-likeness (QED) is 0.684. The van der Waals surface area contributed by atoms with Crippen molar-refractivity contribution in [3.8, 4) is 0 Å². The Kier molecular flexibility index (Phi) is 6.37. The van der Waals surface area contributed by atoms with Crippen molar-refractivity contribution in [2.45, 2.75) is 50.3 Å². The number of rotatable bonds is 7. The number of allylic oxidation sites excluding steroid dienone is 2. The van der Waals surface area contributed by atoms with Gasteiger partial charge in [-0.05, 0) is 44.1 Å². The lowest BCUT2D eigenvalue weighted by Crippen LogP contribution is -2.51. The molecule has 0 bridgehead atoms. The van der Waals surface area contributed by atoms with E-state index >= 15 is 0 Å². The van der Waals surface area contributed by atoms with Crippen molar-refractivity contribution in [1.82, 2.24) is 14.1 Å². The highest BCUT2D eigenvalue weighted by molar-refractivity contribution is 7.88. The van der Waals surface area contributed by atoms with E-state index in [9.17, 15) is 13.2 Å². The van der Waals surface area contributed by atoms with Crippen LogP contribution in [0.5, 0.6) is 0 Å². The molecule has 1 aromatic rings. The molecule has 29 heavy (non-hydrogen) atoms. The number of carbonyl (C=O) groups excluding carboxylic acids is 1. The molecule has 1 saturated carbocycles. The van der Waals surface area contributed by atoms with E-state index in [1.165, 1.54) is 18.5 Å². The zero-order valence-electron chi connectivity index (χ0n) is 17.0. The molecule has 7 heteroatoms. The third-order valence-electron chi connectivity index (χ3n) is 6.03. The van der Waals surface area contributed by atoms with Gasteiger partial charge in [-0.25, -0.2) is 8.42 Å². The molecule has 1 aromatic carbocycles. The van der Waals surface area contributed by atoms with E-state index in [0.29, 0.717) is 38.8 Å². The molecule has 0 unspecified atom stereocenters. The van der Waals surface area contributed by atoms with E-state index in [4.69, 9.17) is 0 Å². The van der Waals surface area contributed by atoms with Gasteiger partial charge in [-0.15, -0.1) is 0 Å². The van der Waals surface area contributed by atoms with Gasteiger partial charge in [0.15, 0.2) is 0 Å². The lowest BCUT2D eigenvalue weighted by molar-refractivity contribution is -0.131. The standard InChI is InChI=1S/C22H31N3O3S/c26-22(25(21-11-12-21)20-9-5-2-6-10-20)17-23-13-15-24(16-14-23)29(27,28)18-19-7-3-1-4-8-19/h1,3-4,7-9,21H,2,5-6,10-18H2. The largest absolute Gasteiger partial charge is 0.312 e. The number of sulfonamides is 1. The average molecular weight is 418 g/mol. The van der Waals surface area contributed by atoms with Gasteiger partial charge < -0.3 is 4.90 Å². The molecule has 1 heterocycles. The summed E-state index contributed by atoms with van der Waals surface area (Å²) in [4.78, 5) is 17.2. The fourth-order valence-corrected chi connectivity index (χ4v) is 5.80. The van der Waals surface area contributed by atoms with Gasteiger partial charge in [-0.3, -0.25) is 9.69 Å². The molecular weight excluding hydrogens is 386 g/mol. The first-order valence-corrected chi connectivity index (χ1v) is 12.4. The van der Waals surface area contributed by atoms with Gasteiger partial charge in [0.05, 0.1) is 12.3 Å². The Bertz CT molecular complexity index is 841. The van der Waals surface area contributed by atoms with Crippen molar-refractivity contribution < 1.29 is 13.2 Å². The first-order chi connectivity index (χ1) is 14.0. The normalized spacial score (nSPS) is 21.6. The van der Waals surface area contributed by atoms with Gasteiger partial charge in [-0.2, -0.15) is 4.31 Å². The molecule has 0 atom stereocenters. The number of benzene rings is 1. The van der Waals surface area contributed by atoms with Crippen molar-refractivity contribution in [3.05, 3.63) is 47.7 Å². The summed E-state index contributed by atoms with van der Waals surface area (Å²) in [6.45, 7) is 2.51. The maximum Gasteiger partial charge on any atom is 0.241 e. The van der Waals surface area contributed by atoms with Crippen molar-refractivity contribution in [3.63, 3.8) is 0 Å². The van der Waals surface area contributed by atoms with Crippen LogP contribution in [0.25, 0.3) is 0 Å². The Morgan fingerprint density at radius 3 is 2.38 bits per heavy atom. The third-order valence-corrected chi connectivity index (χ3v) is 7.88. The minimum Gasteiger partial charge on any atom is -0.312 e. The van der Waals surface area contributed by atoms with Gasteiger partial charge in [0.2, 0.25) is 15.9 Å². The van der Waals surface area contributed by atoms with Crippen molar-refractivity contribution >= 4 is 15.9 Å². The van der Waals surface area contributed by atoms with E-state index in [-0.39, 0.29) is 11.7 Å². The summed E-state index contributed by atoms with van der Waals surface area (Å²) in [6, 6.07) is 9.70. The molecule has 0 spiro atoms. The summed E-state index contributed by atoms with van der Waals surface area (Å²) in [6.07, 6.45) is 8.92. The van der Waals surface area contributed by atoms with Gasteiger partial charge in [0.25, 0.3) is 0 Å². The van der Waals surface area contributed by atoms with E-state index in [2.05, 4.69) is 15.9 Å². The molecule has 1 amide bonds. The molecule has 3 aliphatic rings. The molecule has 4 rings (SSSR count). The maximum atomic E-state index is 13.0. The van der Waals surface area contributed by atoms with Gasteiger partial charge in [0.1, 0.15) is 0 Å². The highest BCUT2D eigenvalue weighted by Crippen LogP contribution is 2.33. The predicted octanol–water partition coefficient (Wildman–Crippen LogP) is 2.58. The Morgan fingerprint density at radius 2 is 1.76 bits per heavy atom. The Balaban J connectivity index is 1.31. The van der Waals surface area contributed by atoms with Crippen LogP contribution in [0.4, 0.5) is 0 Å². The molecule has 2 fully saturated rings. The van der Waals surface area contributed by atoms with Crippen LogP contribution >= 0.6 is 0 Å². The predicted molar refractivity (Wildman–Crippen MR) is 113 cm³/mol. The van der Waals surface area contributed by atoms with Gasteiger partial charge >= 0.3 is 0 Å². The third kappa shape index (κ3) is 5.27. The van der Waals surface area contributed by atoms with Crippen molar-refractivity contribution in [2.75, 3.05) is 32.7 Å². The molecule has 0 N–H and O–H groups in total. The molecule has 6 nitrogen and oxygen atoms in total. The Morgan fingerprint density at radius 1 is 1.03 bits per heavy atom. The molecule has 158 valence electrons. The van der Waals surface area contributed by atoms with E-state index in [0.717, 1.165) is 31.2 Å². The minimum atomic E-state index is -3.32. The number of hydrogen-bond acceptors (Lipinski definition) is 4. The topological polar surface area (TPSA) is 60.9 Å². The van der Waals surface area contributed by atoms with Crippen molar-refractivity contribution in [1.29, 1.82) is 0 Å². The van der Waals surface area contributed by atoms with Crippen molar-refractivity contribution in [2.24, 2.45) is 0 Å². The highest BCUT2D eigenvalue weighted by Gasteiger charge is 2.36. The highest BCUT2D eigenvalue weighted by atomic mass is 32.2. The summed E-state index contributed by atoms with van der Waals surface area (Å²) in [5.74, 6) is 0.220. The fraction of sp³-hybridized carbons (Fsp3) is 0.591. The first kappa shape index (κ1) is 20.6. The van der Waals surface area contributed by atoms with Gasteiger partial charge in [-0.1, -0.05) is 36.4 Å². The van der Waals surface area contributed by atoms with Crippen LogP contribution < -0.4 is 0 Å². The van der Waals surface area contributed by atoms with Crippen LogP contribution in [0, 0.1) is 0 Å². The summed E-state index contributed by atoms with van der Waals surface area (Å²) < 4.78 is 27.0. The number of amides is 1. The second-order valence-corrected chi connectivity index (χ2v) is 10.3. The molecule has 0 radical (unpaired) electrons. The maximum absolute atomic E-state index is 13.0. The molecule has 0 aromatic heterocycles. The lowest BCUT2D eigenvalue weighted by atomic mass is 10.0. The van der Waals surface area contributed by atoms with E-state index < -0.39 is 10.0 Å². The van der Waals surface area contributed by atoms with Crippen LogP contribution in [-0.2, 0) is 20.6 Å². The monoisotopic (exact) mass is 417 g/mol. The second-order valence-electron chi connectivity index (χ2n) is 8.35.